The third-order valence-corrected chi connectivity index (χ3v) is 9.72. The van der Waals surface area contributed by atoms with Gasteiger partial charge in [-0.3, -0.25) is 4.52 Å². The van der Waals surface area contributed by atoms with E-state index in [0.29, 0.717) is 25.5 Å². The van der Waals surface area contributed by atoms with Gasteiger partial charge in [0, 0.05) is 17.7 Å². The number of aryl methyl sites for hydroxylation is 1. The maximum Gasteiger partial charge on any atom is 0.426 e. The van der Waals surface area contributed by atoms with Crippen LogP contribution in [0.25, 0.3) is 0 Å². The molecule has 47 heavy (non-hydrogen) atoms. The molecule has 0 saturated carbocycles. The Hall–Kier alpha value is -2.26. The second kappa shape index (κ2) is 22.4. The SMILES string of the molecule is CCCCCCCCCCCCCCOc1cccc(OC[C@H](CO[P+]([O-])(O)Oc2cccc(C[n+]3csc(C)c3)c2)OCC)c1C. The van der Waals surface area contributed by atoms with Crippen molar-refractivity contribution in [1.82, 2.24) is 0 Å². The molecular weight excluding hydrogens is 633 g/mol. The molecule has 0 amide bonds. The Kier molecular flexibility index (Phi) is 18.7. The van der Waals surface area contributed by atoms with E-state index in [2.05, 4.69) is 24.6 Å². The third kappa shape index (κ3) is 16.1. The van der Waals surface area contributed by atoms with Crippen LogP contribution in [0.3, 0.4) is 0 Å². The van der Waals surface area contributed by atoms with Crippen molar-refractivity contribution >= 4 is 19.5 Å². The molecule has 3 aromatic rings. The second-order valence-electron chi connectivity index (χ2n) is 12.1. The average molecular weight is 691 g/mol. The molecule has 0 bridgehead atoms. The van der Waals surface area contributed by atoms with E-state index in [1.165, 1.54) is 75.5 Å². The number of nitrogens with zero attached hydrogens (tertiary/aromatic N) is 1. The molecule has 0 aliphatic carbocycles. The highest BCUT2D eigenvalue weighted by Gasteiger charge is 2.31. The molecule has 3 rings (SSSR count). The van der Waals surface area contributed by atoms with Crippen LogP contribution in [-0.4, -0.2) is 37.4 Å². The number of aromatic nitrogens is 1. The summed E-state index contributed by atoms with van der Waals surface area (Å²) in [6.07, 6.45) is 17.2. The number of phosphoric acid groups is 1. The lowest BCUT2D eigenvalue weighted by molar-refractivity contribution is -0.683. The number of thiazole rings is 1. The van der Waals surface area contributed by atoms with Crippen LogP contribution in [0, 0.1) is 13.8 Å². The monoisotopic (exact) mass is 690 g/mol. The summed E-state index contributed by atoms with van der Waals surface area (Å²) in [6, 6.07) is 12.9. The van der Waals surface area contributed by atoms with Gasteiger partial charge in [-0.25, -0.2) is 0 Å². The standard InChI is InChI=1S/C37H56NO7PS/c1-5-7-8-9-10-11-12-13-14-15-16-17-24-42-36-22-19-23-37(32(36)4)43-28-35(41-6-2)29-44-46(39,40)45-34-21-18-20-33(25-34)27-38-26-31(3)47-30-38/h18-23,25-26,30,35H,5-17,24,27-29H2,1-4H3/p+1/t35-/m1/s1. The van der Waals surface area contributed by atoms with Crippen LogP contribution in [0.5, 0.6) is 17.2 Å². The van der Waals surface area contributed by atoms with E-state index in [0.717, 1.165) is 23.3 Å². The molecule has 0 aliphatic heterocycles. The molecule has 2 atom stereocenters. The topological polar surface area (TPSA) is 93.3 Å². The first kappa shape index (κ1) is 39.2. The fourth-order valence-corrected chi connectivity index (χ4v) is 6.79. The van der Waals surface area contributed by atoms with Crippen LogP contribution in [-0.2, 0) is 15.8 Å². The van der Waals surface area contributed by atoms with E-state index in [1.807, 2.05) is 43.6 Å². The summed E-state index contributed by atoms with van der Waals surface area (Å²) in [5.41, 5.74) is 3.89. The van der Waals surface area contributed by atoms with Crippen molar-refractivity contribution < 1.29 is 37.6 Å². The summed E-state index contributed by atoms with van der Waals surface area (Å²) in [5, 5.41) is 0. The van der Waals surface area contributed by atoms with Crippen molar-refractivity contribution in [2.24, 2.45) is 0 Å². The molecule has 1 heterocycles. The zero-order valence-electron chi connectivity index (χ0n) is 29.0. The van der Waals surface area contributed by atoms with Crippen molar-refractivity contribution in [3.63, 3.8) is 0 Å². The molecule has 0 saturated heterocycles. The van der Waals surface area contributed by atoms with Crippen molar-refractivity contribution in [1.29, 1.82) is 0 Å². The number of phosphoric ester groups is 1. The predicted molar refractivity (Wildman–Crippen MR) is 189 cm³/mol. The van der Waals surface area contributed by atoms with E-state index >= 15 is 0 Å². The normalized spacial score (nSPS) is 13.3. The van der Waals surface area contributed by atoms with Crippen molar-refractivity contribution in [3.8, 4) is 17.2 Å². The molecular formula is C37H57NO7PS+. The largest absolute Gasteiger partial charge is 0.598 e. The number of hydrogen-bond acceptors (Lipinski definition) is 8. The van der Waals surface area contributed by atoms with E-state index < -0.39 is 14.3 Å². The van der Waals surface area contributed by atoms with E-state index in [4.69, 9.17) is 23.3 Å². The second-order valence-corrected chi connectivity index (χ2v) is 14.6. The first-order valence-electron chi connectivity index (χ1n) is 17.5. The molecule has 0 spiro atoms. The summed E-state index contributed by atoms with van der Waals surface area (Å²) in [4.78, 5) is 24.5. The van der Waals surface area contributed by atoms with Crippen LogP contribution in [0.15, 0.2) is 54.2 Å². The van der Waals surface area contributed by atoms with Crippen LogP contribution < -0.4 is 23.5 Å². The number of benzene rings is 2. The van der Waals surface area contributed by atoms with Gasteiger partial charge in [-0.05, 0) is 51.5 Å². The molecule has 1 unspecified atom stereocenters. The molecule has 0 fully saturated rings. The van der Waals surface area contributed by atoms with E-state index in [-0.39, 0.29) is 19.0 Å². The van der Waals surface area contributed by atoms with Crippen molar-refractivity contribution in [3.05, 3.63) is 70.2 Å². The first-order valence-corrected chi connectivity index (χ1v) is 19.8. The van der Waals surface area contributed by atoms with Crippen molar-refractivity contribution in [2.45, 2.75) is 117 Å². The minimum Gasteiger partial charge on any atom is -0.598 e. The minimum atomic E-state index is -4.40. The summed E-state index contributed by atoms with van der Waals surface area (Å²) in [7, 11) is -4.40. The van der Waals surface area contributed by atoms with Gasteiger partial charge in [-0.1, -0.05) is 107 Å². The Labute approximate surface area is 287 Å². The van der Waals surface area contributed by atoms with Gasteiger partial charge < -0.3 is 19.1 Å². The van der Waals surface area contributed by atoms with Gasteiger partial charge in [0.15, 0.2) is 18.5 Å². The lowest BCUT2D eigenvalue weighted by Crippen LogP contribution is -2.31. The summed E-state index contributed by atoms with van der Waals surface area (Å²) >= 11 is 1.66. The van der Waals surface area contributed by atoms with Gasteiger partial charge >= 0.3 is 8.17 Å². The number of hydrogen-bond donors (Lipinski definition) is 1. The van der Waals surface area contributed by atoms with E-state index in [1.54, 1.807) is 29.5 Å². The van der Waals surface area contributed by atoms with Gasteiger partial charge in [0.1, 0.15) is 30.8 Å². The molecule has 0 radical (unpaired) electrons. The van der Waals surface area contributed by atoms with Crippen LogP contribution in [0.4, 0.5) is 0 Å². The van der Waals surface area contributed by atoms with Crippen LogP contribution in [0.1, 0.15) is 107 Å². The molecule has 2 aromatic carbocycles. The molecule has 262 valence electrons. The van der Waals surface area contributed by atoms with Crippen LogP contribution in [0.2, 0.25) is 0 Å². The average Bonchev–Trinajstić information content (AvgIpc) is 3.46. The zero-order valence-corrected chi connectivity index (χ0v) is 30.7. The third-order valence-electron chi connectivity index (χ3n) is 7.95. The molecule has 1 aromatic heterocycles. The molecule has 10 heteroatoms. The maximum absolute atomic E-state index is 12.8. The van der Waals surface area contributed by atoms with Gasteiger partial charge in [-0.15, -0.1) is 0 Å². The zero-order chi connectivity index (χ0) is 33.7. The van der Waals surface area contributed by atoms with Gasteiger partial charge in [0.2, 0.25) is 5.51 Å². The smallest absolute Gasteiger partial charge is 0.426 e. The Balaban J connectivity index is 1.37. The number of rotatable bonds is 26. The summed E-state index contributed by atoms with van der Waals surface area (Å²) < 4.78 is 30.7. The number of unbranched alkanes of at least 4 members (excludes halogenated alkanes) is 11. The Morgan fingerprint density at radius 3 is 2.11 bits per heavy atom. The highest BCUT2D eigenvalue weighted by atomic mass is 32.1. The van der Waals surface area contributed by atoms with Crippen LogP contribution >= 0.6 is 19.5 Å². The minimum absolute atomic E-state index is 0.142. The summed E-state index contributed by atoms with van der Waals surface area (Å²) in [5.74, 6) is 1.75. The Bertz CT molecular complexity index is 1270. The number of ether oxygens (including phenoxy) is 3. The molecule has 8 nitrogen and oxygen atoms in total. The highest BCUT2D eigenvalue weighted by Crippen LogP contribution is 2.48. The lowest BCUT2D eigenvalue weighted by atomic mass is 10.1. The van der Waals surface area contributed by atoms with Gasteiger partial charge in [0.25, 0.3) is 0 Å². The lowest BCUT2D eigenvalue weighted by Gasteiger charge is -2.23. The molecule has 1 N–H and O–H groups in total. The van der Waals surface area contributed by atoms with Crippen molar-refractivity contribution in [2.75, 3.05) is 26.4 Å². The Morgan fingerprint density at radius 1 is 0.830 bits per heavy atom. The highest BCUT2D eigenvalue weighted by molar-refractivity contribution is 7.53. The van der Waals surface area contributed by atoms with Gasteiger partial charge in [0.05, 0.1) is 11.5 Å². The fraction of sp³-hybridized carbons (Fsp3) is 0.595. The fourth-order valence-electron chi connectivity index (χ4n) is 5.37. The van der Waals surface area contributed by atoms with Gasteiger partial charge in [-0.2, -0.15) is 14.0 Å². The van der Waals surface area contributed by atoms with E-state index in [9.17, 15) is 9.79 Å². The summed E-state index contributed by atoms with van der Waals surface area (Å²) in [6.45, 7) is 9.83. The first-order chi connectivity index (χ1) is 22.8. The predicted octanol–water partition coefficient (Wildman–Crippen LogP) is 8.69. The quantitative estimate of drug-likeness (QED) is 0.0512. The maximum atomic E-state index is 12.8. The Morgan fingerprint density at radius 2 is 1.47 bits per heavy atom. The molecule has 0 aliphatic rings.